The van der Waals surface area contributed by atoms with E-state index in [1.165, 1.54) is 4.88 Å². The van der Waals surface area contributed by atoms with Crippen LogP contribution < -0.4 is 5.73 Å². The maximum atomic E-state index is 6.02. The largest absolute Gasteiger partial charge is 0.382 e. The zero-order valence-electron chi connectivity index (χ0n) is 11.0. The monoisotopic (exact) mass is 303 g/mol. The topological polar surface area (TPSA) is 54.7 Å². The van der Waals surface area contributed by atoms with Gasteiger partial charge in [0.15, 0.2) is 5.82 Å². The van der Waals surface area contributed by atoms with Crippen molar-refractivity contribution >= 4 is 28.8 Å². The molecule has 0 aliphatic rings. The van der Waals surface area contributed by atoms with Crippen molar-refractivity contribution in [2.75, 3.05) is 5.73 Å². The highest BCUT2D eigenvalue weighted by molar-refractivity contribution is 7.15. The fraction of sp³-hybridized carbons (Fsp3) is 0.133. The van der Waals surface area contributed by atoms with Crippen LogP contribution in [0.2, 0.25) is 5.02 Å². The van der Waals surface area contributed by atoms with Gasteiger partial charge in [-0.15, -0.1) is 11.3 Å². The summed E-state index contributed by atoms with van der Waals surface area (Å²) in [6, 6.07) is 11.9. The Labute approximate surface area is 126 Å². The van der Waals surface area contributed by atoms with Crippen molar-refractivity contribution < 1.29 is 0 Å². The number of H-pyrrole nitrogens is 1. The lowest BCUT2D eigenvalue weighted by Gasteiger charge is -2.03. The van der Waals surface area contributed by atoms with E-state index in [-0.39, 0.29) is 0 Å². The number of hydrogen-bond acceptors (Lipinski definition) is 3. The summed E-state index contributed by atoms with van der Waals surface area (Å²) in [6.07, 6.45) is 1.03. The van der Waals surface area contributed by atoms with Gasteiger partial charge in [0.1, 0.15) is 0 Å². The number of benzene rings is 1. The minimum absolute atomic E-state index is 0.508. The third-order valence-electron chi connectivity index (χ3n) is 3.18. The SMILES string of the molecule is CCc1ccc(-c2[nH]nc(N)c2-c2ccc(Cl)cc2)s1. The highest BCUT2D eigenvalue weighted by Crippen LogP contribution is 2.38. The molecule has 0 bridgehead atoms. The Morgan fingerprint density at radius 1 is 1.20 bits per heavy atom. The Morgan fingerprint density at radius 2 is 1.95 bits per heavy atom. The van der Waals surface area contributed by atoms with Crippen LogP contribution in [-0.2, 0) is 6.42 Å². The van der Waals surface area contributed by atoms with Gasteiger partial charge >= 0.3 is 0 Å². The van der Waals surface area contributed by atoms with Crippen molar-refractivity contribution in [1.82, 2.24) is 10.2 Å². The zero-order valence-corrected chi connectivity index (χ0v) is 12.6. The van der Waals surface area contributed by atoms with Crippen molar-refractivity contribution in [3.63, 3.8) is 0 Å². The molecule has 1 aromatic carbocycles. The number of aromatic amines is 1. The number of thiophene rings is 1. The summed E-state index contributed by atoms with van der Waals surface area (Å²) in [7, 11) is 0. The summed E-state index contributed by atoms with van der Waals surface area (Å²) in [5, 5.41) is 7.91. The number of halogens is 1. The van der Waals surface area contributed by atoms with E-state index >= 15 is 0 Å². The maximum absolute atomic E-state index is 6.02. The fourth-order valence-electron chi connectivity index (χ4n) is 2.15. The van der Waals surface area contributed by atoms with E-state index in [1.807, 2.05) is 24.3 Å². The second-order valence-corrected chi connectivity index (χ2v) is 6.09. The first kappa shape index (κ1) is 13.2. The first-order chi connectivity index (χ1) is 9.69. The Balaban J connectivity index is 2.11. The molecule has 102 valence electrons. The lowest BCUT2D eigenvalue weighted by atomic mass is 10.0. The number of nitrogens with one attached hydrogen (secondary N) is 1. The fourth-order valence-corrected chi connectivity index (χ4v) is 3.22. The number of nitrogens with zero attached hydrogens (tertiary/aromatic N) is 1. The van der Waals surface area contributed by atoms with Gasteiger partial charge in [0.2, 0.25) is 0 Å². The summed E-state index contributed by atoms with van der Waals surface area (Å²) in [6.45, 7) is 2.15. The second kappa shape index (κ2) is 5.31. The maximum Gasteiger partial charge on any atom is 0.153 e. The summed E-state index contributed by atoms with van der Waals surface area (Å²) in [4.78, 5) is 2.49. The lowest BCUT2D eigenvalue weighted by molar-refractivity contribution is 1.11. The average molecular weight is 304 g/mol. The summed E-state index contributed by atoms with van der Waals surface area (Å²) in [5.74, 6) is 0.508. The molecule has 5 heteroatoms. The zero-order chi connectivity index (χ0) is 14.1. The van der Waals surface area contributed by atoms with Gasteiger partial charge in [-0.2, -0.15) is 5.10 Å². The molecule has 3 nitrogen and oxygen atoms in total. The highest BCUT2D eigenvalue weighted by atomic mass is 35.5. The standard InChI is InChI=1S/C15H14ClN3S/c1-2-11-7-8-12(20-11)14-13(15(17)19-18-14)9-3-5-10(16)6-4-9/h3-8H,2H2,1H3,(H3,17,18,19). The van der Waals surface area contributed by atoms with Crippen LogP contribution in [-0.4, -0.2) is 10.2 Å². The Kier molecular flexibility index (Phi) is 3.51. The van der Waals surface area contributed by atoms with Gasteiger partial charge < -0.3 is 5.73 Å². The molecule has 0 saturated carbocycles. The van der Waals surface area contributed by atoms with Crippen LogP contribution in [0.15, 0.2) is 36.4 Å². The molecule has 3 rings (SSSR count). The molecule has 2 heterocycles. The Bertz CT molecular complexity index is 728. The highest BCUT2D eigenvalue weighted by Gasteiger charge is 2.16. The van der Waals surface area contributed by atoms with Gasteiger partial charge in [-0.3, -0.25) is 5.10 Å². The van der Waals surface area contributed by atoms with Crippen LogP contribution in [0.1, 0.15) is 11.8 Å². The molecule has 0 unspecified atom stereocenters. The van der Waals surface area contributed by atoms with Crippen molar-refractivity contribution in [2.24, 2.45) is 0 Å². The van der Waals surface area contributed by atoms with Crippen LogP contribution in [0, 0.1) is 0 Å². The number of aryl methyl sites for hydroxylation is 1. The van der Waals surface area contributed by atoms with E-state index < -0.39 is 0 Å². The van der Waals surface area contributed by atoms with Crippen LogP contribution in [0.3, 0.4) is 0 Å². The van der Waals surface area contributed by atoms with Crippen LogP contribution in [0.25, 0.3) is 21.7 Å². The van der Waals surface area contributed by atoms with E-state index in [2.05, 4.69) is 29.3 Å². The molecule has 0 aliphatic carbocycles. The van der Waals surface area contributed by atoms with Crippen LogP contribution >= 0.6 is 22.9 Å². The van der Waals surface area contributed by atoms with Gasteiger partial charge in [-0.25, -0.2) is 0 Å². The van der Waals surface area contributed by atoms with Gasteiger partial charge in [0, 0.05) is 9.90 Å². The predicted molar refractivity (Wildman–Crippen MR) is 86.1 cm³/mol. The molecule has 0 amide bonds. The van der Waals surface area contributed by atoms with Crippen molar-refractivity contribution in [3.8, 4) is 21.7 Å². The van der Waals surface area contributed by atoms with Gasteiger partial charge in [0.05, 0.1) is 16.1 Å². The molecular weight excluding hydrogens is 290 g/mol. The number of nitrogen functional groups attached to an aromatic ring is 1. The summed E-state index contributed by atoms with van der Waals surface area (Å²) >= 11 is 7.70. The molecule has 0 aliphatic heterocycles. The quantitative estimate of drug-likeness (QED) is 0.742. The van der Waals surface area contributed by atoms with E-state index in [1.54, 1.807) is 11.3 Å². The molecule has 3 aromatic rings. The number of aromatic nitrogens is 2. The smallest absolute Gasteiger partial charge is 0.153 e. The van der Waals surface area contributed by atoms with Gasteiger partial charge in [0.25, 0.3) is 0 Å². The molecule has 0 fully saturated rings. The predicted octanol–water partition coefficient (Wildman–Crippen LogP) is 4.60. The first-order valence-electron chi connectivity index (χ1n) is 6.38. The van der Waals surface area contributed by atoms with Gasteiger partial charge in [-0.1, -0.05) is 30.7 Å². The third-order valence-corrected chi connectivity index (χ3v) is 4.68. The van der Waals surface area contributed by atoms with Crippen molar-refractivity contribution in [3.05, 3.63) is 46.3 Å². The Hall–Kier alpha value is -1.78. The summed E-state index contributed by atoms with van der Waals surface area (Å²) in [5.41, 5.74) is 8.94. The summed E-state index contributed by atoms with van der Waals surface area (Å²) < 4.78 is 0. The van der Waals surface area contributed by atoms with E-state index in [9.17, 15) is 0 Å². The van der Waals surface area contributed by atoms with Crippen molar-refractivity contribution in [2.45, 2.75) is 13.3 Å². The first-order valence-corrected chi connectivity index (χ1v) is 7.57. The molecule has 0 radical (unpaired) electrons. The molecule has 3 N–H and O–H groups in total. The van der Waals surface area contributed by atoms with Gasteiger partial charge in [-0.05, 0) is 36.2 Å². The van der Waals surface area contributed by atoms with Crippen LogP contribution in [0.5, 0.6) is 0 Å². The van der Waals surface area contributed by atoms with Crippen molar-refractivity contribution in [1.29, 1.82) is 0 Å². The van der Waals surface area contributed by atoms with E-state index in [0.717, 1.165) is 28.1 Å². The molecular formula is C15H14ClN3S. The molecule has 0 atom stereocenters. The normalized spacial score (nSPS) is 10.9. The van der Waals surface area contributed by atoms with E-state index in [0.29, 0.717) is 10.8 Å². The van der Waals surface area contributed by atoms with E-state index in [4.69, 9.17) is 17.3 Å². The molecule has 20 heavy (non-hydrogen) atoms. The second-order valence-electron chi connectivity index (χ2n) is 4.49. The Morgan fingerprint density at radius 3 is 2.60 bits per heavy atom. The molecule has 0 spiro atoms. The number of hydrogen-bond donors (Lipinski definition) is 2. The molecule has 0 saturated heterocycles. The number of rotatable bonds is 3. The number of anilines is 1. The average Bonchev–Trinajstić information content (AvgIpc) is 3.06. The number of nitrogens with two attached hydrogens (primary N) is 1. The third kappa shape index (κ3) is 2.32. The molecule has 2 aromatic heterocycles. The lowest BCUT2D eigenvalue weighted by Crippen LogP contribution is -1.88. The minimum Gasteiger partial charge on any atom is -0.382 e. The van der Waals surface area contributed by atoms with Crippen LogP contribution in [0.4, 0.5) is 5.82 Å². The minimum atomic E-state index is 0.508.